The van der Waals surface area contributed by atoms with Crippen LogP contribution in [0.3, 0.4) is 0 Å². The van der Waals surface area contributed by atoms with Crippen LogP contribution in [0.5, 0.6) is 0 Å². The first-order chi connectivity index (χ1) is 11.0. The summed E-state index contributed by atoms with van der Waals surface area (Å²) < 4.78 is 0. The molecular formula is C18H17ClN2O2. The molecule has 4 nitrogen and oxygen atoms in total. The molecule has 1 saturated heterocycles. The van der Waals surface area contributed by atoms with Crippen molar-refractivity contribution in [1.29, 1.82) is 0 Å². The van der Waals surface area contributed by atoms with Crippen molar-refractivity contribution in [2.45, 2.75) is 26.3 Å². The number of amides is 2. The van der Waals surface area contributed by atoms with Crippen LogP contribution in [0.2, 0.25) is 5.02 Å². The van der Waals surface area contributed by atoms with Crippen LogP contribution in [0.4, 0.5) is 11.4 Å². The summed E-state index contributed by atoms with van der Waals surface area (Å²) in [6.07, 6.45) is 0.148. The molecule has 2 amide bonds. The Bertz CT molecular complexity index is 771. The number of nitrogens with one attached hydrogen (secondary N) is 1. The lowest BCUT2D eigenvalue weighted by Crippen LogP contribution is -2.34. The first-order valence-corrected chi connectivity index (χ1v) is 7.79. The van der Waals surface area contributed by atoms with Gasteiger partial charge < -0.3 is 5.32 Å². The van der Waals surface area contributed by atoms with Crippen LogP contribution in [0, 0.1) is 13.8 Å². The molecule has 0 spiro atoms. The second-order valence-corrected chi connectivity index (χ2v) is 6.20. The fourth-order valence-corrected chi connectivity index (χ4v) is 2.90. The largest absolute Gasteiger partial charge is 0.373 e. The minimum atomic E-state index is -0.542. The Morgan fingerprint density at radius 1 is 1.09 bits per heavy atom. The van der Waals surface area contributed by atoms with E-state index in [1.54, 1.807) is 24.3 Å². The van der Waals surface area contributed by atoms with Gasteiger partial charge in [0, 0.05) is 10.7 Å². The zero-order valence-corrected chi connectivity index (χ0v) is 13.7. The molecule has 1 fully saturated rings. The van der Waals surface area contributed by atoms with Crippen molar-refractivity contribution in [3.63, 3.8) is 0 Å². The third kappa shape index (κ3) is 3.08. The van der Waals surface area contributed by atoms with Crippen LogP contribution in [-0.4, -0.2) is 17.9 Å². The van der Waals surface area contributed by atoms with E-state index in [0.717, 1.165) is 16.8 Å². The quantitative estimate of drug-likeness (QED) is 0.874. The number of nitrogens with zero attached hydrogens (tertiary/aromatic N) is 1. The zero-order valence-electron chi connectivity index (χ0n) is 13.0. The van der Waals surface area contributed by atoms with E-state index in [1.165, 1.54) is 4.90 Å². The van der Waals surface area contributed by atoms with E-state index in [0.29, 0.717) is 10.7 Å². The lowest BCUT2D eigenvalue weighted by Gasteiger charge is -2.17. The van der Waals surface area contributed by atoms with Crippen LogP contribution in [0.1, 0.15) is 17.5 Å². The highest BCUT2D eigenvalue weighted by Crippen LogP contribution is 2.27. The molecule has 23 heavy (non-hydrogen) atoms. The van der Waals surface area contributed by atoms with Gasteiger partial charge in [-0.15, -0.1) is 0 Å². The van der Waals surface area contributed by atoms with Gasteiger partial charge in [-0.2, -0.15) is 0 Å². The third-order valence-corrected chi connectivity index (χ3v) is 4.20. The number of carbonyl (C=O) groups excluding carboxylic acids is 2. The molecule has 1 atom stereocenters. The van der Waals surface area contributed by atoms with Gasteiger partial charge >= 0.3 is 0 Å². The molecule has 1 N–H and O–H groups in total. The lowest BCUT2D eigenvalue weighted by atomic mass is 10.1. The van der Waals surface area contributed by atoms with E-state index in [-0.39, 0.29) is 18.2 Å². The summed E-state index contributed by atoms with van der Waals surface area (Å²) in [7, 11) is 0. The summed E-state index contributed by atoms with van der Waals surface area (Å²) in [5.74, 6) is -0.447. The van der Waals surface area contributed by atoms with Crippen LogP contribution in [0.15, 0.2) is 42.5 Å². The summed E-state index contributed by atoms with van der Waals surface area (Å²) in [6, 6.07) is 12.1. The van der Waals surface area contributed by atoms with Crippen molar-refractivity contribution in [1.82, 2.24) is 0 Å². The van der Waals surface area contributed by atoms with Crippen molar-refractivity contribution in [3.8, 4) is 0 Å². The standard InChI is InChI=1S/C18H17ClN2O2/c1-11-3-8-15(12(2)9-11)20-16-10-17(22)21(18(16)23)14-6-4-13(19)5-7-14/h3-9,16,20H,10H2,1-2H3. The van der Waals surface area contributed by atoms with Crippen LogP contribution < -0.4 is 10.2 Å². The molecule has 2 aromatic carbocycles. The first-order valence-electron chi connectivity index (χ1n) is 7.42. The third-order valence-electron chi connectivity index (χ3n) is 3.94. The highest BCUT2D eigenvalue weighted by Gasteiger charge is 2.39. The molecule has 0 aliphatic carbocycles. The Kier molecular flexibility index (Phi) is 4.09. The summed E-state index contributed by atoms with van der Waals surface area (Å²) in [5.41, 5.74) is 3.63. The van der Waals surface area contributed by atoms with Crippen LogP contribution in [-0.2, 0) is 9.59 Å². The molecule has 1 aliphatic heterocycles. The van der Waals surface area contributed by atoms with Crippen molar-refractivity contribution in [3.05, 3.63) is 58.6 Å². The summed E-state index contributed by atoms with van der Waals surface area (Å²) in [5, 5.41) is 3.76. The maximum absolute atomic E-state index is 12.6. The van der Waals surface area contributed by atoms with E-state index in [1.807, 2.05) is 32.0 Å². The van der Waals surface area contributed by atoms with Crippen molar-refractivity contribution < 1.29 is 9.59 Å². The van der Waals surface area contributed by atoms with Crippen LogP contribution >= 0.6 is 11.6 Å². The first kappa shape index (κ1) is 15.6. The number of hydrogen-bond donors (Lipinski definition) is 1. The Morgan fingerprint density at radius 2 is 1.78 bits per heavy atom. The molecule has 0 aromatic heterocycles. The Labute approximate surface area is 140 Å². The van der Waals surface area contributed by atoms with Crippen molar-refractivity contribution in [2.75, 3.05) is 10.2 Å². The number of carbonyl (C=O) groups is 2. The fourth-order valence-electron chi connectivity index (χ4n) is 2.77. The average Bonchev–Trinajstić information content (AvgIpc) is 2.78. The van der Waals surface area contributed by atoms with E-state index in [9.17, 15) is 9.59 Å². The Hall–Kier alpha value is -2.33. The predicted octanol–water partition coefficient (Wildman–Crippen LogP) is 3.70. The van der Waals surface area contributed by atoms with Gasteiger partial charge in [-0.25, -0.2) is 4.90 Å². The maximum atomic E-state index is 12.6. The predicted molar refractivity (Wildman–Crippen MR) is 91.9 cm³/mol. The fraction of sp³-hybridized carbons (Fsp3) is 0.222. The number of anilines is 2. The molecule has 0 saturated carbocycles. The SMILES string of the molecule is Cc1ccc(NC2CC(=O)N(c3ccc(Cl)cc3)C2=O)c(C)c1. The van der Waals surface area contributed by atoms with E-state index in [4.69, 9.17) is 11.6 Å². The zero-order chi connectivity index (χ0) is 16.6. The molecule has 1 unspecified atom stereocenters. The number of imide groups is 1. The van der Waals surface area contributed by atoms with Gasteiger partial charge in [0.15, 0.2) is 0 Å². The molecule has 1 aliphatic rings. The minimum Gasteiger partial charge on any atom is -0.373 e. The van der Waals surface area contributed by atoms with Gasteiger partial charge in [-0.1, -0.05) is 29.3 Å². The summed E-state index contributed by atoms with van der Waals surface area (Å²) >= 11 is 5.86. The molecule has 2 aromatic rings. The highest BCUT2D eigenvalue weighted by atomic mass is 35.5. The maximum Gasteiger partial charge on any atom is 0.256 e. The second-order valence-electron chi connectivity index (χ2n) is 5.76. The topological polar surface area (TPSA) is 49.4 Å². The van der Waals surface area contributed by atoms with Gasteiger partial charge in [-0.05, 0) is 49.7 Å². The molecule has 3 rings (SSSR count). The molecule has 0 radical (unpaired) electrons. The average molecular weight is 329 g/mol. The van der Waals surface area contributed by atoms with Gasteiger partial charge in [0.1, 0.15) is 6.04 Å². The molecule has 5 heteroatoms. The lowest BCUT2D eigenvalue weighted by molar-refractivity contribution is -0.121. The molecule has 118 valence electrons. The summed E-state index contributed by atoms with van der Waals surface area (Å²) in [6.45, 7) is 4.00. The van der Waals surface area contributed by atoms with E-state index >= 15 is 0 Å². The van der Waals surface area contributed by atoms with Gasteiger partial charge in [-0.3, -0.25) is 9.59 Å². The van der Waals surface area contributed by atoms with Crippen molar-refractivity contribution in [2.24, 2.45) is 0 Å². The van der Waals surface area contributed by atoms with Gasteiger partial charge in [0.05, 0.1) is 12.1 Å². The van der Waals surface area contributed by atoms with Crippen molar-refractivity contribution >= 4 is 34.8 Å². The van der Waals surface area contributed by atoms with Gasteiger partial charge in [0.25, 0.3) is 5.91 Å². The van der Waals surface area contributed by atoms with E-state index < -0.39 is 6.04 Å². The van der Waals surface area contributed by atoms with Crippen LogP contribution in [0.25, 0.3) is 0 Å². The Morgan fingerprint density at radius 3 is 2.43 bits per heavy atom. The number of aryl methyl sites for hydroxylation is 2. The summed E-state index contributed by atoms with van der Waals surface area (Å²) in [4.78, 5) is 26.1. The monoisotopic (exact) mass is 328 g/mol. The smallest absolute Gasteiger partial charge is 0.256 e. The Balaban J connectivity index is 1.82. The molecule has 0 bridgehead atoms. The number of benzene rings is 2. The van der Waals surface area contributed by atoms with Gasteiger partial charge in [0.2, 0.25) is 5.91 Å². The highest BCUT2D eigenvalue weighted by molar-refractivity contribution is 6.30. The molecular weight excluding hydrogens is 312 g/mol. The van der Waals surface area contributed by atoms with E-state index in [2.05, 4.69) is 5.32 Å². The number of halogens is 1. The molecule has 1 heterocycles. The number of rotatable bonds is 3. The second kappa shape index (κ2) is 6.05. The minimum absolute atomic E-state index is 0.148. The number of hydrogen-bond acceptors (Lipinski definition) is 3. The normalized spacial score (nSPS) is 17.7.